The van der Waals surface area contributed by atoms with Crippen LogP contribution in [0.3, 0.4) is 0 Å². The summed E-state index contributed by atoms with van der Waals surface area (Å²) in [6.45, 7) is -0.181. The van der Waals surface area contributed by atoms with Crippen molar-refractivity contribution in [3.8, 4) is 34.3 Å². The third kappa shape index (κ3) is 5.02. The van der Waals surface area contributed by atoms with Crippen LogP contribution in [0.25, 0.3) is 22.8 Å². The van der Waals surface area contributed by atoms with Crippen molar-refractivity contribution in [1.29, 1.82) is 0 Å². The molecule has 31 heavy (non-hydrogen) atoms. The summed E-state index contributed by atoms with van der Waals surface area (Å²) in [7, 11) is 1.61. The number of halogens is 1. The Bertz CT molecular complexity index is 1170. The first-order valence-corrected chi connectivity index (χ1v) is 9.76. The smallest absolute Gasteiger partial charge is 0.262 e. The largest absolute Gasteiger partial charge is 0.497 e. The summed E-state index contributed by atoms with van der Waals surface area (Å²) >= 11 is 5.86. The van der Waals surface area contributed by atoms with Gasteiger partial charge in [0.25, 0.3) is 11.8 Å². The van der Waals surface area contributed by atoms with Crippen LogP contribution in [0.1, 0.15) is 0 Å². The summed E-state index contributed by atoms with van der Waals surface area (Å²) in [5.74, 6) is 1.62. The first-order valence-electron chi connectivity index (χ1n) is 9.38. The summed E-state index contributed by atoms with van der Waals surface area (Å²) in [4.78, 5) is 16.7. The molecule has 7 nitrogen and oxygen atoms in total. The Morgan fingerprint density at radius 3 is 2.52 bits per heavy atom. The third-order valence-corrected chi connectivity index (χ3v) is 4.63. The Morgan fingerprint density at radius 2 is 1.77 bits per heavy atom. The zero-order valence-electron chi connectivity index (χ0n) is 16.5. The van der Waals surface area contributed by atoms with Crippen LogP contribution in [-0.2, 0) is 4.79 Å². The molecule has 156 valence electrons. The normalized spacial score (nSPS) is 10.5. The van der Waals surface area contributed by atoms with Gasteiger partial charge in [-0.2, -0.15) is 4.98 Å². The highest BCUT2D eigenvalue weighted by Gasteiger charge is 2.16. The van der Waals surface area contributed by atoms with Crippen molar-refractivity contribution in [2.24, 2.45) is 0 Å². The lowest BCUT2D eigenvalue weighted by molar-refractivity contribution is -0.118. The molecule has 4 aromatic rings. The number of hydrogen-bond donors (Lipinski definition) is 1. The van der Waals surface area contributed by atoms with E-state index < -0.39 is 0 Å². The maximum atomic E-state index is 12.2. The van der Waals surface area contributed by atoms with Gasteiger partial charge in [-0.15, -0.1) is 0 Å². The Labute approximate surface area is 183 Å². The number of aromatic nitrogens is 2. The van der Waals surface area contributed by atoms with Crippen molar-refractivity contribution in [2.75, 3.05) is 19.0 Å². The highest BCUT2D eigenvalue weighted by molar-refractivity contribution is 6.30. The van der Waals surface area contributed by atoms with E-state index in [2.05, 4.69) is 15.5 Å². The number of nitrogens with zero attached hydrogens (tertiary/aromatic N) is 2. The number of para-hydroxylation sites is 1. The number of methoxy groups -OCH3 is 1. The number of amides is 1. The van der Waals surface area contributed by atoms with Crippen molar-refractivity contribution in [3.63, 3.8) is 0 Å². The predicted molar refractivity (Wildman–Crippen MR) is 117 cm³/mol. The van der Waals surface area contributed by atoms with Gasteiger partial charge >= 0.3 is 0 Å². The fourth-order valence-corrected chi connectivity index (χ4v) is 2.96. The van der Waals surface area contributed by atoms with E-state index in [1.54, 1.807) is 49.6 Å². The van der Waals surface area contributed by atoms with Crippen molar-refractivity contribution in [3.05, 3.63) is 77.8 Å². The fraction of sp³-hybridized carbons (Fsp3) is 0.0870. The minimum Gasteiger partial charge on any atom is -0.497 e. The standard InChI is InChI=1S/C23H18ClN3O4/c1-29-18-12-6-15(7-13-18)22-26-23(31-27-22)19-4-2-3-5-20(19)30-14-21(28)25-17-10-8-16(24)9-11-17/h2-13H,14H2,1H3,(H,25,28). The molecule has 0 aliphatic heterocycles. The summed E-state index contributed by atoms with van der Waals surface area (Å²) in [6.07, 6.45) is 0. The highest BCUT2D eigenvalue weighted by atomic mass is 35.5. The molecule has 4 rings (SSSR count). The van der Waals surface area contributed by atoms with Crippen LogP contribution in [0, 0.1) is 0 Å². The Kier molecular flexibility index (Phi) is 6.14. The molecule has 0 saturated heterocycles. The monoisotopic (exact) mass is 435 g/mol. The molecule has 1 N–H and O–H groups in total. The highest BCUT2D eigenvalue weighted by Crippen LogP contribution is 2.30. The van der Waals surface area contributed by atoms with Gasteiger partial charge in [0.05, 0.1) is 12.7 Å². The average Bonchev–Trinajstić information content (AvgIpc) is 3.30. The minimum atomic E-state index is -0.304. The van der Waals surface area contributed by atoms with Crippen molar-refractivity contribution in [2.45, 2.75) is 0 Å². The molecule has 0 unspecified atom stereocenters. The number of carbonyl (C=O) groups is 1. The number of benzene rings is 3. The molecule has 0 spiro atoms. The third-order valence-electron chi connectivity index (χ3n) is 4.38. The van der Waals surface area contributed by atoms with E-state index in [-0.39, 0.29) is 12.5 Å². The number of nitrogens with one attached hydrogen (secondary N) is 1. The lowest BCUT2D eigenvalue weighted by atomic mass is 10.2. The SMILES string of the molecule is COc1ccc(-c2noc(-c3ccccc3OCC(=O)Nc3ccc(Cl)cc3)n2)cc1. The molecule has 0 aliphatic rings. The second kappa shape index (κ2) is 9.32. The fourth-order valence-electron chi connectivity index (χ4n) is 2.83. The van der Waals surface area contributed by atoms with Crippen molar-refractivity contribution >= 4 is 23.2 Å². The van der Waals surface area contributed by atoms with E-state index in [0.29, 0.717) is 33.7 Å². The minimum absolute atomic E-state index is 0.181. The maximum Gasteiger partial charge on any atom is 0.262 e. The number of hydrogen-bond acceptors (Lipinski definition) is 6. The summed E-state index contributed by atoms with van der Waals surface area (Å²) in [5, 5.41) is 7.39. The Balaban J connectivity index is 1.46. The number of ether oxygens (including phenoxy) is 2. The lowest BCUT2D eigenvalue weighted by Crippen LogP contribution is -2.20. The Hall–Kier alpha value is -3.84. The van der Waals surface area contributed by atoms with Crippen LogP contribution in [0.15, 0.2) is 77.3 Å². The molecule has 1 aromatic heterocycles. The van der Waals surface area contributed by atoms with Gasteiger partial charge in [-0.1, -0.05) is 28.9 Å². The van der Waals surface area contributed by atoms with Gasteiger partial charge in [0.1, 0.15) is 11.5 Å². The number of carbonyl (C=O) groups excluding carboxylic acids is 1. The Morgan fingerprint density at radius 1 is 1.03 bits per heavy atom. The zero-order valence-corrected chi connectivity index (χ0v) is 17.3. The summed E-state index contributed by atoms with van der Waals surface area (Å²) < 4.78 is 16.3. The topological polar surface area (TPSA) is 86.5 Å². The lowest BCUT2D eigenvalue weighted by Gasteiger charge is -2.09. The summed E-state index contributed by atoms with van der Waals surface area (Å²) in [6, 6.07) is 21.3. The van der Waals surface area contributed by atoms with Crippen LogP contribution < -0.4 is 14.8 Å². The van der Waals surface area contributed by atoms with Gasteiger partial charge in [-0.25, -0.2) is 0 Å². The first kappa shape index (κ1) is 20.4. The first-order chi connectivity index (χ1) is 15.1. The van der Waals surface area contributed by atoms with Crippen molar-refractivity contribution < 1.29 is 18.8 Å². The van der Waals surface area contributed by atoms with Gasteiger partial charge in [-0.3, -0.25) is 4.79 Å². The van der Waals surface area contributed by atoms with E-state index in [4.69, 9.17) is 25.6 Å². The molecule has 3 aromatic carbocycles. The molecular weight excluding hydrogens is 418 g/mol. The molecule has 0 fully saturated rings. The van der Waals surface area contributed by atoms with E-state index >= 15 is 0 Å². The van der Waals surface area contributed by atoms with E-state index in [1.165, 1.54) is 0 Å². The molecule has 0 bridgehead atoms. The second-order valence-corrected chi connectivity index (χ2v) is 6.93. The molecule has 0 atom stereocenters. The quantitative estimate of drug-likeness (QED) is 0.435. The number of anilines is 1. The van der Waals surface area contributed by atoms with E-state index in [0.717, 1.165) is 11.3 Å². The average molecular weight is 436 g/mol. The maximum absolute atomic E-state index is 12.2. The van der Waals surface area contributed by atoms with Crippen LogP contribution in [-0.4, -0.2) is 29.8 Å². The molecule has 8 heteroatoms. The molecule has 0 saturated carbocycles. The van der Waals surface area contributed by atoms with Crippen LogP contribution in [0.4, 0.5) is 5.69 Å². The molecular formula is C23H18ClN3O4. The predicted octanol–water partition coefficient (Wildman–Crippen LogP) is 5.08. The summed E-state index contributed by atoms with van der Waals surface area (Å²) in [5.41, 5.74) is 2.01. The van der Waals surface area contributed by atoms with E-state index in [9.17, 15) is 4.79 Å². The van der Waals surface area contributed by atoms with E-state index in [1.807, 2.05) is 30.3 Å². The zero-order chi connectivity index (χ0) is 21.6. The molecule has 0 aliphatic carbocycles. The van der Waals surface area contributed by atoms with Crippen molar-refractivity contribution in [1.82, 2.24) is 10.1 Å². The van der Waals surface area contributed by atoms with Gasteiger partial charge in [0.2, 0.25) is 5.82 Å². The molecule has 1 amide bonds. The molecule has 1 heterocycles. The van der Waals surface area contributed by atoms with Gasteiger partial charge in [0, 0.05) is 16.3 Å². The number of rotatable bonds is 7. The van der Waals surface area contributed by atoms with Gasteiger partial charge in [-0.05, 0) is 60.7 Å². The van der Waals surface area contributed by atoms with Crippen LogP contribution in [0.2, 0.25) is 5.02 Å². The second-order valence-electron chi connectivity index (χ2n) is 6.49. The van der Waals surface area contributed by atoms with Gasteiger partial charge in [0.15, 0.2) is 6.61 Å². The van der Waals surface area contributed by atoms with Crippen LogP contribution >= 0.6 is 11.6 Å². The molecule has 0 radical (unpaired) electrons. The van der Waals surface area contributed by atoms with Gasteiger partial charge < -0.3 is 19.3 Å². The van der Waals surface area contributed by atoms with Crippen LogP contribution in [0.5, 0.6) is 11.5 Å².